The van der Waals surface area contributed by atoms with Gasteiger partial charge in [0, 0.05) is 46.1 Å². The number of aliphatic imine (C=N–C) groups is 1. The van der Waals surface area contributed by atoms with E-state index in [1.54, 1.807) is 0 Å². The molecule has 6 nitrogen and oxygen atoms in total. The lowest BCUT2D eigenvalue weighted by molar-refractivity contribution is -0.0320. The molecule has 1 rings (SSSR count). The highest BCUT2D eigenvalue weighted by Crippen LogP contribution is 2.15. The van der Waals surface area contributed by atoms with Gasteiger partial charge in [-0.05, 0) is 50.9 Å². The molecule has 1 aliphatic rings. The maximum atomic E-state index is 9.22. The van der Waals surface area contributed by atoms with Gasteiger partial charge in [0.15, 0.2) is 5.96 Å². The average Bonchev–Trinajstić information content (AvgIpc) is 2.59. The summed E-state index contributed by atoms with van der Waals surface area (Å²) in [7, 11) is 0. The van der Waals surface area contributed by atoms with Crippen molar-refractivity contribution in [3.8, 4) is 0 Å². The van der Waals surface area contributed by atoms with Gasteiger partial charge in [-0.1, -0.05) is 13.8 Å². The molecule has 3 N–H and O–H groups in total. The first kappa shape index (κ1) is 25.9. The van der Waals surface area contributed by atoms with Crippen molar-refractivity contribution in [3.05, 3.63) is 0 Å². The summed E-state index contributed by atoms with van der Waals surface area (Å²) < 4.78 is 11.2. The van der Waals surface area contributed by atoms with Crippen molar-refractivity contribution in [2.45, 2.75) is 59.0 Å². The fourth-order valence-electron chi connectivity index (χ4n) is 3.07. The molecule has 1 atom stereocenters. The molecule has 0 aromatic carbocycles. The van der Waals surface area contributed by atoms with Crippen LogP contribution in [0.2, 0.25) is 0 Å². The van der Waals surface area contributed by atoms with Gasteiger partial charge in [-0.15, -0.1) is 24.0 Å². The van der Waals surface area contributed by atoms with Crippen LogP contribution in [0.4, 0.5) is 0 Å². The van der Waals surface area contributed by atoms with E-state index in [1.807, 2.05) is 0 Å². The molecule has 1 heterocycles. The van der Waals surface area contributed by atoms with Crippen LogP contribution in [0.1, 0.15) is 52.9 Å². The Labute approximate surface area is 176 Å². The highest BCUT2D eigenvalue weighted by molar-refractivity contribution is 14.0. The normalized spacial score (nSPS) is 17.0. The molecule has 7 heteroatoms. The number of guanidine groups is 1. The smallest absolute Gasteiger partial charge is 0.191 e. The first-order valence-electron chi connectivity index (χ1n) is 9.98. The van der Waals surface area contributed by atoms with E-state index in [4.69, 9.17) is 14.5 Å². The number of rotatable bonds is 12. The second-order valence-electron chi connectivity index (χ2n) is 7.19. The second-order valence-corrected chi connectivity index (χ2v) is 7.19. The number of nitrogens with one attached hydrogen (secondary N) is 2. The van der Waals surface area contributed by atoms with Gasteiger partial charge in [-0.25, -0.2) is 0 Å². The number of aliphatic hydroxyl groups excluding tert-OH is 1. The van der Waals surface area contributed by atoms with Crippen molar-refractivity contribution in [3.63, 3.8) is 0 Å². The average molecular weight is 485 g/mol. The van der Waals surface area contributed by atoms with E-state index in [-0.39, 0.29) is 30.6 Å². The number of hydrogen-bond donors (Lipinski definition) is 3. The molecule has 0 saturated carbocycles. The Hall–Kier alpha value is -0.120. The molecule has 0 amide bonds. The molecule has 1 unspecified atom stereocenters. The van der Waals surface area contributed by atoms with Crippen LogP contribution in [-0.2, 0) is 9.47 Å². The molecule has 0 aromatic rings. The molecule has 1 fully saturated rings. The Kier molecular flexibility index (Phi) is 16.9. The first-order valence-corrected chi connectivity index (χ1v) is 9.98. The number of aliphatic hydroxyl groups is 1. The van der Waals surface area contributed by atoms with Crippen LogP contribution >= 0.6 is 24.0 Å². The summed E-state index contributed by atoms with van der Waals surface area (Å²) in [5.74, 6) is 1.93. The molecule has 1 aliphatic heterocycles. The summed E-state index contributed by atoms with van der Waals surface area (Å²) in [4.78, 5) is 4.70. The van der Waals surface area contributed by atoms with E-state index in [9.17, 15) is 5.11 Å². The largest absolute Gasteiger partial charge is 0.396 e. The predicted molar refractivity (Wildman–Crippen MR) is 118 cm³/mol. The van der Waals surface area contributed by atoms with Crippen molar-refractivity contribution in [2.75, 3.05) is 46.1 Å². The van der Waals surface area contributed by atoms with E-state index >= 15 is 0 Å². The van der Waals surface area contributed by atoms with Crippen LogP contribution < -0.4 is 10.6 Å². The molecule has 0 bridgehead atoms. The van der Waals surface area contributed by atoms with Crippen LogP contribution in [0.5, 0.6) is 0 Å². The SMILES string of the molecule is CCNC(=NCC(CCO)CC(C)C)NCCCOC1CCOCC1.I. The fourth-order valence-corrected chi connectivity index (χ4v) is 3.07. The van der Waals surface area contributed by atoms with Gasteiger partial charge in [-0.3, -0.25) is 4.99 Å². The van der Waals surface area contributed by atoms with Crippen LogP contribution in [0.25, 0.3) is 0 Å². The minimum absolute atomic E-state index is 0. The van der Waals surface area contributed by atoms with Gasteiger partial charge in [-0.2, -0.15) is 0 Å². The topological polar surface area (TPSA) is 75.1 Å². The molecule has 0 spiro atoms. The molecular weight excluding hydrogens is 445 g/mol. The fraction of sp³-hybridized carbons (Fsp3) is 0.947. The highest BCUT2D eigenvalue weighted by Gasteiger charge is 2.13. The second kappa shape index (κ2) is 17.0. The lowest BCUT2D eigenvalue weighted by atomic mass is 9.94. The zero-order chi connectivity index (χ0) is 18.3. The quantitative estimate of drug-likeness (QED) is 0.172. The molecule has 0 radical (unpaired) electrons. The molecule has 26 heavy (non-hydrogen) atoms. The Morgan fingerprint density at radius 3 is 2.62 bits per heavy atom. The molecule has 1 saturated heterocycles. The number of ether oxygens (including phenoxy) is 2. The van der Waals surface area contributed by atoms with Crippen molar-refractivity contribution in [2.24, 2.45) is 16.8 Å². The van der Waals surface area contributed by atoms with Gasteiger partial charge in [0.1, 0.15) is 0 Å². The monoisotopic (exact) mass is 485 g/mol. The molecule has 0 aromatic heterocycles. The third-order valence-electron chi connectivity index (χ3n) is 4.33. The molecular formula is C19H40IN3O3. The standard InChI is InChI=1S/C19H39N3O3.HI/c1-4-20-19(22-15-17(6-10-23)14-16(2)3)21-9-5-11-25-18-7-12-24-13-8-18;/h16-18,23H,4-15H2,1-3H3,(H2,20,21,22);1H. The van der Waals surface area contributed by atoms with E-state index in [1.165, 1.54) is 0 Å². The molecule has 156 valence electrons. The number of hydrogen-bond acceptors (Lipinski definition) is 4. The zero-order valence-electron chi connectivity index (χ0n) is 16.8. The van der Waals surface area contributed by atoms with Crippen LogP contribution in [0, 0.1) is 11.8 Å². The van der Waals surface area contributed by atoms with Gasteiger partial charge >= 0.3 is 0 Å². The predicted octanol–water partition coefficient (Wildman–Crippen LogP) is 2.79. The van der Waals surface area contributed by atoms with E-state index in [0.29, 0.717) is 17.9 Å². The maximum Gasteiger partial charge on any atom is 0.191 e. The van der Waals surface area contributed by atoms with Crippen molar-refractivity contribution < 1.29 is 14.6 Å². The lowest BCUT2D eigenvalue weighted by Gasteiger charge is -2.22. The Morgan fingerprint density at radius 2 is 2.00 bits per heavy atom. The Morgan fingerprint density at radius 1 is 1.27 bits per heavy atom. The summed E-state index contributed by atoms with van der Waals surface area (Å²) in [6, 6.07) is 0. The summed E-state index contributed by atoms with van der Waals surface area (Å²) in [5.41, 5.74) is 0. The third-order valence-corrected chi connectivity index (χ3v) is 4.33. The van der Waals surface area contributed by atoms with E-state index in [0.717, 1.165) is 77.5 Å². The van der Waals surface area contributed by atoms with E-state index < -0.39 is 0 Å². The summed E-state index contributed by atoms with van der Waals surface area (Å²) in [5, 5.41) is 15.9. The maximum absolute atomic E-state index is 9.22. The highest BCUT2D eigenvalue weighted by atomic mass is 127. The number of halogens is 1. The van der Waals surface area contributed by atoms with Crippen molar-refractivity contribution >= 4 is 29.9 Å². The van der Waals surface area contributed by atoms with E-state index in [2.05, 4.69) is 31.4 Å². The Balaban J connectivity index is 0.00000625. The summed E-state index contributed by atoms with van der Waals surface area (Å²) >= 11 is 0. The van der Waals surface area contributed by atoms with Gasteiger partial charge < -0.3 is 25.2 Å². The van der Waals surface area contributed by atoms with Crippen LogP contribution in [0.15, 0.2) is 4.99 Å². The zero-order valence-corrected chi connectivity index (χ0v) is 19.2. The minimum atomic E-state index is 0. The third kappa shape index (κ3) is 13.1. The summed E-state index contributed by atoms with van der Waals surface area (Å²) in [6.07, 6.45) is 5.28. The van der Waals surface area contributed by atoms with Crippen molar-refractivity contribution in [1.82, 2.24) is 10.6 Å². The van der Waals surface area contributed by atoms with Gasteiger partial charge in [0.25, 0.3) is 0 Å². The minimum Gasteiger partial charge on any atom is -0.396 e. The first-order chi connectivity index (χ1) is 12.2. The summed E-state index contributed by atoms with van der Waals surface area (Å²) in [6.45, 7) is 11.6. The van der Waals surface area contributed by atoms with Crippen LogP contribution in [0.3, 0.4) is 0 Å². The van der Waals surface area contributed by atoms with Crippen LogP contribution in [-0.4, -0.2) is 63.2 Å². The van der Waals surface area contributed by atoms with Gasteiger partial charge in [0.2, 0.25) is 0 Å². The number of nitrogens with zero attached hydrogens (tertiary/aromatic N) is 1. The Bertz CT molecular complexity index is 351. The van der Waals surface area contributed by atoms with Gasteiger partial charge in [0.05, 0.1) is 6.10 Å². The molecule has 0 aliphatic carbocycles. The lowest BCUT2D eigenvalue weighted by Crippen LogP contribution is -2.38. The van der Waals surface area contributed by atoms with Crippen molar-refractivity contribution in [1.29, 1.82) is 0 Å².